The number of phenolic OH excluding ortho intramolecular Hbond substituents is 1. The third-order valence-electron chi connectivity index (χ3n) is 3.66. The summed E-state index contributed by atoms with van der Waals surface area (Å²) in [5, 5.41) is 16.2. The molecule has 0 aliphatic carbocycles. The van der Waals surface area contributed by atoms with Crippen molar-refractivity contribution in [3.05, 3.63) is 53.9 Å². The van der Waals surface area contributed by atoms with Crippen molar-refractivity contribution in [3.8, 4) is 11.5 Å². The van der Waals surface area contributed by atoms with E-state index in [1.807, 2.05) is 37.3 Å². The van der Waals surface area contributed by atoms with Gasteiger partial charge in [-0.25, -0.2) is 0 Å². The summed E-state index contributed by atoms with van der Waals surface area (Å²) in [6, 6.07) is 11.3. The fourth-order valence-electron chi connectivity index (χ4n) is 2.37. The Labute approximate surface area is 172 Å². The number of aromatic nitrogens is 1. The highest BCUT2D eigenvalue weighted by Crippen LogP contribution is 2.26. The number of halogens is 1. The molecule has 1 aromatic heterocycles. The zero-order chi connectivity index (χ0) is 17.9. The van der Waals surface area contributed by atoms with Crippen LogP contribution in [0, 0.1) is 0 Å². The maximum Gasteiger partial charge on any atom is 0.191 e. The van der Waals surface area contributed by atoms with Crippen molar-refractivity contribution < 1.29 is 9.84 Å². The predicted molar refractivity (Wildman–Crippen MR) is 116 cm³/mol. The van der Waals surface area contributed by atoms with E-state index in [1.165, 1.54) is 0 Å². The van der Waals surface area contributed by atoms with Gasteiger partial charge >= 0.3 is 0 Å². The number of phenols is 1. The molecule has 0 aliphatic rings. The number of aromatic hydroxyl groups is 1. The molecule has 1 heterocycles. The first kappa shape index (κ1) is 22.0. The number of aliphatic imine (C=N–C) groups is 1. The van der Waals surface area contributed by atoms with Crippen LogP contribution < -0.4 is 15.4 Å². The molecular weight excluding hydrogens is 443 g/mol. The number of methoxy groups -OCH3 is 1. The van der Waals surface area contributed by atoms with Crippen LogP contribution in [0.15, 0.2) is 47.6 Å². The molecule has 0 spiro atoms. The zero-order valence-electron chi connectivity index (χ0n) is 15.2. The summed E-state index contributed by atoms with van der Waals surface area (Å²) >= 11 is 0. The molecule has 0 unspecified atom stereocenters. The average molecular weight is 470 g/mol. The van der Waals surface area contributed by atoms with E-state index in [0.717, 1.165) is 43.1 Å². The summed E-state index contributed by atoms with van der Waals surface area (Å²) < 4.78 is 5.13. The second kappa shape index (κ2) is 12.3. The summed E-state index contributed by atoms with van der Waals surface area (Å²) in [5.74, 6) is 1.45. The monoisotopic (exact) mass is 470 g/mol. The largest absolute Gasteiger partial charge is 0.504 e. The van der Waals surface area contributed by atoms with Gasteiger partial charge in [-0.05, 0) is 43.2 Å². The van der Waals surface area contributed by atoms with Crippen LogP contribution >= 0.6 is 24.0 Å². The van der Waals surface area contributed by atoms with Crippen LogP contribution in [0.5, 0.6) is 11.5 Å². The first-order valence-electron chi connectivity index (χ1n) is 8.51. The van der Waals surface area contributed by atoms with Crippen LogP contribution in [0.3, 0.4) is 0 Å². The Kier molecular flexibility index (Phi) is 10.5. The lowest BCUT2D eigenvalue weighted by Crippen LogP contribution is -2.38. The van der Waals surface area contributed by atoms with Crippen molar-refractivity contribution >= 4 is 29.9 Å². The molecule has 0 atom stereocenters. The van der Waals surface area contributed by atoms with Crippen LogP contribution in [0.4, 0.5) is 0 Å². The van der Waals surface area contributed by atoms with Gasteiger partial charge in [-0.3, -0.25) is 9.98 Å². The highest BCUT2D eigenvalue weighted by molar-refractivity contribution is 14.0. The van der Waals surface area contributed by atoms with Gasteiger partial charge < -0.3 is 20.5 Å². The lowest BCUT2D eigenvalue weighted by atomic mass is 10.1. The minimum Gasteiger partial charge on any atom is -0.504 e. The fourth-order valence-corrected chi connectivity index (χ4v) is 2.37. The number of hydrogen-bond acceptors (Lipinski definition) is 4. The summed E-state index contributed by atoms with van der Waals surface area (Å²) in [6.45, 7) is 4.27. The molecule has 7 heteroatoms. The van der Waals surface area contributed by atoms with Crippen LogP contribution in [0.1, 0.15) is 18.2 Å². The van der Waals surface area contributed by atoms with Crippen LogP contribution in [0.25, 0.3) is 0 Å². The molecule has 2 rings (SSSR count). The van der Waals surface area contributed by atoms with E-state index in [2.05, 4.69) is 20.6 Å². The van der Waals surface area contributed by atoms with Gasteiger partial charge in [-0.15, -0.1) is 24.0 Å². The van der Waals surface area contributed by atoms with Gasteiger partial charge in [0.05, 0.1) is 7.11 Å². The summed E-state index contributed by atoms with van der Waals surface area (Å²) in [7, 11) is 1.55. The highest BCUT2D eigenvalue weighted by atomic mass is 127. The number of nitrogens with zero attached hydrogens (tertiary/aromatic N) is 2. The topological polar surface area (TPSA) is 78.8 Å². The Morgan fingerprint density at radius 3 is 2.73 bits per heavy atom. The minimum atomic E-state index is 0. The van der Waals surface area contributed by atoms with E-state index in [1.54, 1.807) is 19.4 Å². The molecule has 0 saturated carbocycles. The number of ether oxygens (including phenoxy) is 1. The Morgan fingerprint density at radius 1 is 1.19 bits per heavy atom. The van der Waals surface area contributed by atoms with Gasteiger partial charge in [-0.2, -0.15) is 0 Å². The molecule has 3 N–H and O–H groups in total. The quantitative estimate of drug-likeness (QED) is 0.314. The van der Waals surface area contributed by atoms with Crippen molar-refractivity contribution in [2.45, 2.75) is 19.8 Å². The third kappa shape index (κ3) is 7.47. The first-order chi connectivity index (χ1) is 12.2. The molecule has 0 bridgehead atoms. The highest BCUT2D eigenvalue weighted by Gasteiger charge is 2.03. The molecule has 26 heavy (non-hydrogen) atoms. The summed E-state index contributed by atoms with van der Waals surface area (Å²) in [6.07, 6.45) is 3.42. The molecule has 0 aliphatic heterocycles. The minimum absolute atomic E-state index is 0. The SMILES string of the molecule is CCNC(=NCCc1ccccn1)NCCc1ccc(O)c(OC)c1.I. The number of rotatable bonds is 8. The van der Waals surface area contributed by atoms with Gasteiger partial charge in [0.25, 0.3) is 0 Å². The van der Waals surface area contributed by atoms with Crippen molar-refractivity contribution in [1.82, 2.24) is 15.6 Å². The second-order valence-electron chi connectivity index (χ2n) is 5.51. The van der Waals surface area contributed by atoms with Crippen LogP contribution in [-0.4, -0.2) is 42.8 Å². The van der Waals surface area contributed by atoms with Crippen molar-refractivity contribution in [2.75, 3.05) is 26.7 Å². The number of benzene rings is 1. The molecule has 142 valence electrons. The van der Waals surface area contributed by atoms with Crippen LogP contribution in [0.2, 0.25) is 0 Å². The van der Waals surface area contributed by atoms with E-state index in [-0.39, 0.29) is 29.7 Å². The third-order valence-corrected chi connectivity index (χ3v) is 3.66. The fraction of sp³-hybridized carbons (Fsp3) is 0.368. The van der Waals surface area contributed by atoms with Gasteiger partial charge in [0, 0.05) is 37.9 Å². The van der Waals surface area contributed by atoms with Crippen molar-refractivity contribution in [3.63, 3.8) is 0 Å². The second-order valence-corrected chi connectivity index (χ2v) is 5.51. The van der Waals surface area contributed by atoms with Gasteiger partial charge in [0.2, 0.25) is 0 Å². The molecule has 0 saturated heterocycles. The average Bonchev–Trinajstić information content (AvgIpc) is 2.64. The van der Waals surface area contributed by atoms with Gasteiger partial charge in [-0.1, -0.05) is 12.1 Å². The molecule has 1 aromatic carbocycles. The van der Waals surface area contributed by atoms with E-state index in [9.17, 15) is 5.11 Å². The van der Waals surface area contributed by atoms with E-state index in [0.29, 0.717) is 12.3 Å². The maximum absolute atomic E-state index is 9.63. The van der Waals surface area contributed by atoms with E-state index in [4.69, 9.17) is 4.74 Å². The Bertz CT molecular complexity index is 680. The number of hydrogen-bond donors (Lipinski definition) is 3. The molecule has 0 fully saturated rings. The normalized spacial score (nSPS) is 10.8. The zero-order valence-corrected chi connectivity index (χ0v) is 17.6. The first-order valence-corrected chi connectivity index (χ1v) is 8.51. The maximum atomic E-state index is 9.63. The summed E-state index contributed by atoms with van der Waals surface area (Å²) in [5.41, 5.74) is 2.13. The Balaban J connectivity index is 0.00000338. The Morgan fingerprint density at radius 2 is 2.04 bits per heavy atom. The summed E-state index contributed by atoms with van der Waals surface area (Å²) in [4.78, 5) is 8.88. The smallest absolute Gasteiger partial charge is 0.191 e. The number of nitrogens with one attached hydrogen (secondary N) is 2. The standard InChI is InChI=1S/C19H26N4O2.HI/c1-3-20-19(23-13-10-16-6-4-5-11-21-16)22-12-9-15-7-8-17(24)18(14-15)25-2;/h4-8,11,14,24H,3,9-10,12-13H2,1-2H3,(H2,20,22,23);1H. The number of guanidine groups is 1. The van der Waals surface area contributed by atoms with E-state index < -0.39 is 0 Å². The predicted octanol–water partition coefficient (Wildman–Crippen LogP) is 2.75. The van der Waals surface area contributed by atoms with Gasteiger partial charge in [0.15, 0.2) is 17.5 Å². The number of pyridine rings is 1. The van der Waals surface area contributed by atoms with Crippen molar-refractivity contribution in [2.24, 2.45) is 4.99 Å². The molecule has 6 nitrogen and oxygen atoms in total. The van der Waals surface area contributed by atoms with Gasteiger partial charge in [0.1, 0.15) is 0 Å². The molecule has 0 radical (unpaired) electrons. The Hall–Kier alpha value is -2.03. The van der Waals surface area contributed by atoms with Crippen molar-refractivity contribution in [1.29, 1.82) is 0 Å². The molecule has 2 aromatic rings. The molecule has 0 amide bonds. The lowest BCUT2D eigenvalue weighted by Gasteiger charge is -2.12. The van der Waals surface area contributed by atoms with E-state index >= 15 is 0 Å². The lowest BCUT2D eigenvalue weighted by molar-refractivity contribution is 0.373. The molecular formula is C19H27IN4O2. The van der Waals surface area contributed by atoms with Crippen LogP contribution in [-0.2, 0) is 12.8 Å².